The molecule has 5 heteroatoms. The maximum absolute atomic E-state index is 11.5. The van der Waals surface area contributed by atoms with E-state index in [9.17, 15) is 4.79 Å². The number of rotatable bonds is 6. The molecule has 0 spiro atoms. The lowest BCUT2D eigenvalue weighted by atomic mass is 9.93. The molecule has 0 saturated heterocycles. The van der Waals surface area contributed by atoms with Crippen molar-refractivity contribution in [3.05, 3.63) is 101 Å². The highest BCUT2D eigenvalue weighted by Crippen LogP contribution is 2.38. The summed E-state index contributed by atoms with van der Waals surface area (Å²) in [5, 5.41) is 12.1. The summed E-state index contributed by atoms with van der Waals surface area (Å²) in [6.07, 6.45) is 2.24. The van der Waals surface area contributed by atoms with Gasteiger partial charge in [0.15, 0.2) is 5.71 Å². The van der Waals surface area contributed by atoms with E-state index in [2.05, 4.69) is 41.6 Å². The Kier molecular flexibility index (Phi) is 5.29. The van der Waals surface area contributed by atoms with Gasteiger partial charge in [0.05, 0.1) is 0 Å². The zero-order valence-corrected chi connectivity index (χ0v) is 15.9. The molecule has 146 valence electrons. The zero-order chi connectivity index (χ0) is 20.2. The Hall–Kier alpha value is -3.60. The number of hydrogen-bond donors (Lipinski definition) is 2. The molecule has 1 amide bonds. The molecule has 0 radical (unpaired) electrons. The summed E-state index contributed by atoms with van der Waals surface area (Å²) in [4.78, 5) is 11.5. The minimum absolute atomic E-state index is 0.181. The van der Waals surface area contributed by atoms with Gasteiger partial charge in [-0.3, -0.25) is 4.79 Å². The normalized spacial score (nSPS) is 15.7. The number of hydrogen-bond acceptors (Lipinski definition) is 4. The number of aryl methyl sites for hydroxylation is 1. The topological polar surface area (TPSA) is 84.9 Å². The van der Waals surface area contributed by atoms with Crippen LogP contribution in [-0.4, -0.2) is 16.8 Å². The maximum Gasteiger partial charge on any atom is 0.271 e. The van der Waals surface area contributed by atoms with E-state index in [1.807, 2.05) is 24.3 Å². The molecular formula is C24H22N2O3. The third-order valence-electron chi connectivity index (χ3n) is 5.42. The lowest BCUT2D eigenvalue weighted by Gasteiger charge is -2.14. The van der Waals surface area contributed by atoms with E-state index in [0.717, 1.165) is 18.6 Å². The van der Waals surface area contributed by atoms with Gasteiger partial charge < -0.3 is 15.7 Å². The third kappa shape index (κ3) is 3.85. The Balaban J connectivity index is 1.48. The number of benzene rings is 3. The highest BCUT2D eigenvalue weighted by atomic mass is 16.5. The van der Waals surface area contributed by atoms with Crippen molar-refractivity contribution >= 4 is 11.6 Å². The van der Waals surface area contributed by atoms with Gasteiger partial charge in [-0.15, -0.1) is 0 Å². The molecule has 3 aromatic rings. The molecule has 0 saturated carbocycles. The molecular weight excluding hydrogens is 364 g/mol. The first-order valence-electron chi connectivity index (χ1n) is 9.58. The zero-order valence-electron chi connectivity index (χ0n) is 15.9. The summed E-state index contributed by atoms with van der Waals surface area (Å²) in [6, 6.07) is 23.8. The molecule has 0 bridgehead atoms. The van der Waals surface area contributed by atoms with Crippen LogP contribution in [0.1, 0.15) is 40.2 Å². The summed E-state index contributed by atoms with van der Waals surface area (Å²) in [6.45, 7) is 0.230. The van der Waals surface area contributed by atoms with Crippen LogP contribution in [0.3, 0.4) is 0 Å². The fourth-order valence-corrected chi connectivity index (χ4v) is 3.97. The number of oxime groups is 1. The van der Waals surface area contributed by atoms with Crippen molar-refractivity contribution in [1.29, 1.82) is 0 Å². The number of fused-ring (bicyclic) bond motifs is 1. The number of carbonyl (C=O) groups excluding carboxylic acids is 1. The standard InChI is InChI=1S/C24H22N2O3/c25-24(27)23(26-28)22-8-4-2-6-18(22)15-29-19-12-9-17(10-13-19)21-14-11-16-5-1-3-7-20(16)21/h1-10,12-13,21,28H,11,14-15H2,(H2,25,27)/b26-23+. The monoisotopic (exact) mass is 386 g/mol. The summed E-state index contributed by atoms with van der Waals surface area (Å²) in [5.74, 6) is 0.373. The summed E-state index contributed by atoms with van der Waals surface area (Å²) in [7, 11) is 0. The van der Waals surface area contributed by atoms with Crippen molar-refractivity contribution in [3.8, 4) is 5.75 Å². The number of ether oxygens (including phenoxy) is 1. The van der Waals surface area contributed by atoms with E-state index < -0.39 is 5.91 Å². The second-order valence-corrected chi connectivity index (χ2v) is 7.12. The lowest BCUT2D eigenvalue weighted by Crippen LogP contribution is -2.25. The molecule has 29 heavy (non-hydrogen) atoms. The third-order valence-corrected chi connectivity index (χ3v) is 5.42. The van der Waals surface area contributed by atoms with Gasteiger partial charge in [0.1, 0.15) is 12.4 Å². The van der Waals surface area contributed by atoms with Gasteiger partial charge in [-0.1, -0.05) is 65.8 Å². The Labute approximate surface area is 169 Å². The molecule has 3 aromatic carbocycles. The van der Waals surface area contributed by atoms with Gasteiger partial charge in [-0.05, 0) is 47.2 Å². The fraction of sp³-hybridized carbons (Fsp3) is 0.167. The van der Waals surface area contributed by atoms with Crippen LogP contribution in [0.25, 0.3) is 0 Å². The Morgan fingerprint density at radius 3 is 2.52 bits per heavy atom. The van der Waals surface area contributed by atoms with Crippen LogP contribution in [-0.2, 0) is 17.8 Å². The van der Waals surface area contributed by atoms with Crippen LogP contribution in [0.5, 0.6) is 5.75 Å². The first kappa shape index (κ1) is 18.7. The van der Waals surface area contributed by atoms with Gasteiger partial charge >= 0.3 is 0 Å². The van der Waals surface area contributed by atoms with E-state index in [1.54, 1.807) is 12.1 Å². The quantitative estimate of drug-likeness (QED) is 0.381. The Morgan fingerprint density at radius 1 is 1.03 bits per heavy atom. The fourth-order valence-electron chi connectivity index (χ4n) is 3.97. The minimum Gasteiger partial charge on any atom is -0.489 e. The Morgan fingerprint density at radius 2 is 1.76 bits per heavy atom. The average Bonchev–Trinajstić information content (AvgIpc) is 3.18. The molecule has 0 aromatic heterocycles. The highest BCUT2D eigenvalue weighted by molar-refractivity contribution is 6.45. The van der Waals surface area contributed by atoms with Crippen molar-refractivity contribution in [1.82, 2.24) is 0 Å². The Bertz CT molecular complexity index is 1060. The lowest BCUT2D eigenvalue weighted by molar-refractivity contribution is -0.112. The van der Waals surface area contributed by atoms with Gasteiger partial charge in [0.2, 0.25) is 0 Å². The molecule has 1 aliphatic carbocycles. The second-order valence-electron chi connectivity index (χ2n) is 7.12. The highest BCUT2D eigenvalue weighted by Gasteiger charge is 2.23. The SMILES string of the molecule is NC(=O)/C(=N/O)c1ccccc1COc1ccc(C2CCc3ccccc32)cc1. The molecule has 1 unspecified atom stereocenters. The summed E-state index contributed by atoms with van der Waals surface area (Å²) >= 11 is 0. The summed E-state index contributed by atoms with van der Waals surface area (Å²) in [5.41, 5.74) is 10.4. The van der Waals surface area contributed by atoms with Crippen LogP contribution in [0.15, 0.2) is 78.0 Å². The van der Waals surface area contributed by atoms with E-state index in [-0.39, 0.29) is 12.3 Å². The van der Waals surface area contributed by atoms with Crippen molar-refractivity contribution in [2.45, 2.75) is 25.4 Å². The van der Waals surface area contributed by atoms with Crippen LogP contribution >= 0.6 is 0 Å². The van der Waals surface area contributed by atoms with Crippen LogP contribution < -0.4 is 10.5 Å². The van der Waals surface area contributed by atoms with E-state index in [1.165, 1.54) is 16.7 Å². The number of primary amides is 1. The summed E-state index contributed by atoms with van der Waals surface area (Å²) < 4.78 is 5.91. The van der Waals surface area contributed by atoms with Gasteiger partial charge in [-0.25, -0.2) is 0 Å². The molecule has 0 aliphatic heterocycles. The number of amides is 1. The average molecular weight is 386 g/mol. The molecule has 1 aliphatic rings. The predicted molar refractivity (Wildman–Crippen MR) is 111 cm³/mol. The number of carbonyl (C=O) groups is 1. The predicted octanol–water partition coefficient (Wildman–Crippen LogP) is 4.01. The van der Waals surface area contributed by atoms with Crippen LogP contribution in [0.4, 0.5) is 0 Å². The van der Waals surface area contributed by atoms with Crippen LogP contribution in [0.2, 0.25) is 0 Å². The second kappa shape index (κ2) is 8.19. The number of nitrogens with zero attached hydrogens (tertiary/aromatic N) is 1. The van der Waals surface area contributed by atoms with Crippen molar-refractivity contribution in [2.24, 2.45) is 10.9 Å². The smallest absolute Gasteiger partial charge is 0.271 e. The molecule has 0 fully saturated rings. The molecule has 3 N–H and O–H groups in total. The van der Waals surface area contributed by atoms with Crippen molar-refractivity contribution in [3.63, 3.8) is 0 Å². The van der Waals surface area contributed by atoms with Crippen molar-refractivity contribution in [2.75, 3.05) is 0 Å². The first-order valence-corrected chi connectivity index (χ1v) is 9.58. The first-order chi connectivity index (χ1) is 14.2. The van der Waals surface area contributed by atoms with E-state index in [4.69, 9.17) is 15.7 Å². The largest absolute Gasteiger partial charge is 0.489 e. The molecule has 0 heterocycles. The molecule has 5 nitrogen and oxygen atoms in total. The van der Waals surface area contributed by atoms with Crippen molar-refractivity contribution < 1.29 is 14.7 Å². The molecule has 1 atom stereocenters. The van der Waals surface area contributed by atoms with Gasteiger partial charge in [0, 0.05) is 11.5 Å². The number of nitrogens with two attached hydrogens (primary N) is 1. The van der Waals surface area contributed by atoms with Gasteiger partial charge in [-0.2, -0.15) is 0 Å². The van der Waals surface area contributed by atoms with Gasteiger partial charge in [0.25, 0.3) is 5.91 Å². The molecule has 4 rings (SSSR count). The maximum atomic E-state index is 11.5. The van der Waals surface area contributed by atoms with E-state index >= 15 is 0 Å². The van der Waals surface area contributed by atoms with Crippen LogP contribution in [0, 0.1) is 0 Å². The minimum atomic E-state index is -0.791. The van der Waals surface area contributed by atoms with E-state index in [0.29, 0.717) is 17.0 Å².